The number of esters is 1. The molecule has 18 heavy (non-hydrogen) atoms. The maximum Gasteiger partial charge on any atom is 0.305 e. The molecule has 2 N–H and O–H groups in total. The van der Waals surface area contributed by atoms with E-state index in [0.29, 0.717) is 31.6 Å². The molecule has 0 radical (unpaired) electrons. The Morgan fingerprint density at radius 1 is 1.44 bits per heavy atom. The van der Waals surface area contributed by atoms with Gasteiger partial charge < -0.3 is 14.9 Å². The highest BCUT2D eigenvalue weighted by atomic mass is 16.5. The van der Waals surface area contributed by atoms with E-state index in [-0.39, 0.29) is 17.5 Å². The molecule has 0 saturated heterocycles. The van der Waals surface area contributed by atoms with Gasteiger partial charge in [0.05, 0.1) is 6.61 Å². The topological polar surface area (TPSA) is 79.1 Å². The number of aromatic hydroxyl groups is 2. The van der Waals surface area contributed by atoms with E-state index in [1.54, 1.807) is 13.0 Å². The van der Waals surface area contributed by atoms with E-state index in [9.17, 15) is 9.90 Å². The standard InChI is InChI=1S/C13H17NO4/c1-2-18-13(17)4-3-7-14-9-10-5-6-11(15)8-12(10)16/h5-6,8-9,15-16H,2-4,7H2,1H3. The summed E-state index contributed by atoms with van der Waals surface area (Å²) in [4.78, 5) is 15.1. The molecule has 0 amide bonds. The molecule has 0 aromatic heterocycles. The van der Waals surface area contributed by atoms with Crippen LogP contribution in [0.4, 0.5) is 0 Å². The maximum atomic E-state index is 11.0. The summed E-state index contributed by atoms with van der Waals surface area (Å²) in [5, 5.41) is 18.6. The lowest BCUT2D eigenvalue weighted by Gasteiger charge is -2.00. The fourth-order valence-electron chi connectivity index (χ4n) is 1.35. The molecule has 5 nitrogen and oxygen atoms in total. The third-order valence-electron chi connectivity index (χ3n) is 2.22. The number of carbonyl (C=O) groups excluding carboxylic acids is 1. The molecule has 1 aromatic rings. The highest BCUT2D eigenvalue weighted by molar-refractivity contribution is 5.83. The fourth-order valence-corrected chi connectivity index (χ4v) is 1.35. The molecule has 5 heteroatoms. The van der Waals surface area contributed by atoms with E-state index in [2.05, 4.69) is 4.99 Å². The van der Waals surface area contributed by atoms with E-state index in [1.807, 2.05) is 0 Å². The third kappa shape index (κ3) is 4.86. The molecule has 0 aliphatic carbocycles. The quantitative estimate of drug-likeness (QED) is 0.459. The van der Waals surface area contributed by atoms with Gasteiger partial charge in [-0.05, 0) is 25.5 Å². The monoisotopic (exact) mass is 251 g/mol. The Bertz CT molecular complexity index is 429. The molecule has 0 spiro atoms. The first-order valence-electron chi connectivity index (χ1n) is 5.81. The summed E-state index contributed by atoms with van der Waals surface area (Å²) in [7, 11) is 0. The summed E-state index contributed by atoms with van der Waals surface area (Å²) < 4.78 is 4.78. The van der Waals surface area contributed by atoms with E-state index in [4.69, 9.17) is 9.84 Å². The van der Waals surface area contributed by atoms with Gasteiger partial charge in [-0.1, -0.05) is 0 Å². The van der Waals surface area contributed by atoms with Crippen molar-refractivity contribution < 1.29 is 19.7 Å². The van der Waals surface area contributed by atoms with Crippen molar-refractivity contribution in [1.29, 1.82) is 0 Å². The van der Waals surface area contributed by atoms with Gasteiger partial charge >= 0.3 is 5.97 Å². The second kappa shape index (κ2) is 7.32. The predicted octanol–water partition coefficient (Wildman–Crippen LogP) is 1.86. The summed E-state index contributed by atoms with van der Waals surface area (Å²) in [5.74, 6) is -0.240. The van der Waals surface area contributed by atoms with Gasteiger partial charge in [-0.15, -0.1) is 0 Å². The zero-order chi connectivity index (χ0) is 13.4. The molecule has 0 aliphatic rings. The third-order valence-corrected chi connectivity index (χ3v) is 2.22. The van der Waals surface area contributed by atoms with Gasteiger partial charge in [-0.2, -0.15) is 0 Å². The van der Waals surface area contributed by atoms with Crippen molar-refractivity contribution in [3.8, 4) is 11.5 Å². The Balaban J connectivity index is 2.34. The second-order valence-electron chi connectivity index (χ2n) is 3.69. The lowest BCUT2D eigenvalue weighted by Crippen LogP contribution is -2.04. The number of phenols is 2. The Labute approximate surface area is 106 Å². The zero-order valence-corrected chi connectivity index (χ0v) is 10.3. The number of phenolic OH excluding ortho intramolecular Hbond substituents is 2. The number of benzene rings is 1. The van der Waals surface area contributed by atoms with Crippen LogP contribution in [0.1, 0.15) is 25.3 Å². The van der Waals surface area contributed by atoms with Crippen LogP contribution in [0.5, 0.6) is 11.5 Å². The van der Waals surface area contributed by atoms with Crippen molar-refractivity contribution in [2.24, 2.45) is 4.99 Å². The van der Waals surface area contributed by atoms with Crippen molar-refractivity contribution in [3.63, 3.8) is 0 Å². The van der Waals surface area contributed by atoms with Gasteiger partial charge in [0.1, 0.15) is 11.5 Å². The minimum atomic E-state index is -0.222. The summed E-state index contributed by atoms with van der Waals surface area (Å²) >= 11 is 0. The Hall–Kier alpha value is -2.04. The van der Waals surface area contributed by atoms with Crippen LogP contribution in [-0.4, -0.2) is 35.5 Å². The number of nitrogens with zero attached hydrogens (tertiary/aromatic N) is 1. The van der Waals surface area contributed by atoms with Gasteiger partial charge in [0.2, 0.25) is 0 Å². The first-order valence-corrected chi connectivity index (χ1v) is 5.81. The smallest absolute Gasteiger partial charge is 0.305 e. The lowest BCUT2D eigenvalue weighted by molar-refractivity contribution is -0.143. The zero-order valence-electron chi connectivity index (χ0n) is 10.3. The first kappa shape index (κ1) is 14.0. The molecule has 0 saturated carbocycles. The van der Waals surface area contributed by atoms with Crippen LogP contribution in [0.2, 0.25) is 0 Å². The van der Waals surface area contributed by atoms with E-state index < -0.39 is 0 Å². The average molecular weight is 251 g/mol. The molecule has 0 atom stereocenters. The van der Waals surface area contributed by atoms with Crippen LogP contribution in [-0.2, 0) is 9.53 Å². The molecule has 0 bridgehead atoms. The van der Waals surface area contributed by atoms with Gasteiger partial charge in [-0.25, -0.2) is 0 Å². The highest BCUT2D eigenvalue weighted by Crippen LogP contribution is 2.20. The molecule has 1 rings (SSSR count). The van der Waals surface area contributed by atoms with Crippen LogP contribution < -0.4 is 0 Å². The largest absolute Gasteiger partial charge is 0.508 e. The minimum Gasteiger partial charge on any atom is -0.508 e. The summed E-state index contributed by atoms with van der Waals surface area (Å²) in [5.41, 5.74) is 0.531. The lowest BCUT2D eigenvalue weighted by atomic mass is 10.2. The molecular weight excluding hydrogens is 234 g/mol. The van der Waals surface area contributed by atoms with Crippen molar-refractivity contribution in [1.82, 2.24) is 0 Å². The summed E-state index contributed by atoms with van der Waals surface area (Å²) in [6.07, 6.45) is 2.46. The first-order chi connectivity index (χ1) is 8.63. The highest BCUT2D eigenvalue weighted by Gasteiger charge is 2.00. The molecule has 0 aliphatic heterocycles. The van der Waals surface area contributed by atoms with Crippen molar-refractivity contribution >= 4 is 12.2 Å². The van der Waals surface area contributed by atoms with E-state index in [1.165, 1.54) is 18.3 Å². The summed E-state index contributed by atoms with van der Waals surface area (Å²) in [6.45, 7) is 2.65. The van der Waals surface area contributed by atoms with Crippen LogP contribution in [0.15, 0.2) is 23.2 Å². The molecule has 0 heterocycles. The van der Waals surface area contributed by atoms with Gasteiger partial charge in [0.15, 0.2) is 0 Å². The van der Waals surface area contributed by atoms with Crippen LogP contribution in [0, 0.1) is 0 Å². The molecule has 0 unspecified atom stereocenters. The van der Waals surface area contributed by atoms with Crippen LogP contribution in [0.25, 0.3) is 0 Å². The fraction of sp³-hybridized carbons (Fsp3) is 0.385. The molecule has 0 fully saturated rings. The van der Waals surface area contributed by atoms with Gasteiger partial charge in [-0.3, -0.25) is 9.79 Å². The van der Waals surface area contributed by atoms with Crippen LogP contribution >= 0.6 is 0 Å². The van der Waals surface area contributed by atoms with Gasteiger partial charge in [0, 0.05) is 30.8 Å². The minimum absolute atomic E-state index is 0.00645. The van der Waals surface area contributed by atoms with E-state index >= 15 is 0 Å². The number of aliphatic imine (C=N–C) groups is 1. The van der Waals surface area contributed by atoms with E-state index in [0.717, 1.165) is 0 Å². The number of hydrogen-bond donors (Lipinski definition) is 2. The number of carbonyl (C=O) groups is 1. The maximum absolute atomic E-state index is 11.0. The van der Waals surface area contributed by atoms with Crippen molar-refractivity contribution in [3.05, 3.63) is 23.8 Å². The number of hydrogen-bond acceptors (Lipinski definition) is 5. The van der Waals surface area contributed by atoms with Crippen molar-refractivity contribution in [2.75, 3.05) is 13.2 Å². The number of rotatable bonds is 6. The molecular formula is C13H17NO4. The number of ether oxygens (including phenoxy) is 1. The normalized spacial score (nSPS) is 10.7. The second-order valence-corrected chi connectivity index (χ2v) is 3.69. The SMILES string of the molecule is CCOC(=O)CCCN=Cc1ccc(O)cc1O. The molecule has 98 valence electrons. The Morgan fingerprint density at radius 3 is 2.89 bits per heavy atom. The Morgan fingerprint density at radius 2 is 2.22 bits per heavy atom. The van der Waals surface area contributed by atoms with Crippen LogP contribution in [0.3, 0.4) is 0 Å². The van der Waals surface area contributed by atoms with Gasteiger partial charge in [0.25, 0.3) is 0 Å². The average Bonchev–Trinajstić information content (AvgIpc) is 2.31. The van der Waals surface area contributed by atoms with Crippen molar-refractivity contribution in [2.45, 2.75) is 19.8 Å². The Kier molecular flexibility index (Phi) is 5.70. The predicted molar refractivity (Wildman–Crippen MR) is 68.1 cm³/mol. The molecule has 1 aromatic carbocycles. The summed E-state index contributed by atoms with van der Waals surface area (Å²) in [6, 6.07) is 4.29.